The summed E-state index contributed by atoms with van der Waals surface area (Å²) >= 11 is 7.58. The first-order chi connectivity index (χ1) is 16.3. The number of H-pyrrole nitrogens is 1. The molecule has 7 nitrogen and oxygen atoms in total. The molecular formula is C24H21ClN2O5S2. The zero-order chi connectivity index (χ0) is 23.9. The topological polar surface area (TPSA) is 88.7 Å². The van der Waals surface area contributed by atoms with Crippen molar-refractivity contribution in [2.45, 2.75) is 24.9 Å². The number of aryl methyl sites for hydroxylation is 1. The van der Waals surface area contributed by atoms with Gasteiger partial charge in [0.05, 0.1) is 10.4 Å². The van der Waals surface area contributed by atoms with Crippen LogP contribution >= 0.6 is 22.9 Å². The second kappa shape index (κ2) is 9.07. The number of fused-ring (bicyclic) bond motifs is 2. The molecule has 176 valence electrons. The Hall–Kier alpha value is -2.85. The quantitative estimate of drug-likeness (QED) is 0.401. The molecule has 3 heterocycles. The minimum absolute atomic E-state index is 0.105. The van der Waals surface area contributed by atoms with Gasteiger partial charge in [-0.1, -0.05) is 23.7 Å². The van der Waals surface area contributed by atoms with Gasteiger partial charge in [0.15, 0.2) is 11.5 Å². The normalized spacial score (nSPS) is 13.5. The smallest absolute Gasteiger partial charge is 0.252 e. The molecule has 5 rings (SSSR count). The summed E-state index contributed by atoms with van der Waals surface area (Å²) in [5.74, 6) is 1.16. The van der Waals surface area contributed by atoms with E-state index in [2.05, 4.69) is 4.98 Å². The van der Waals surface area contributed by atoms with Crippen LogP contribution < -0.4 is 15.0 Å². The van der Waals surface area contributed by atoms with Crippen LogP contribution in [-0.2, 0) is 23.1 Å². The predicted molar refractivity (Wildman–Crippen MR) is 132 cm³/mol. The summed E-state index contributed by atoms with van der Waals surface area (Å²) < 4.78 is 40.0. The number of pyridine rings is 1. The lowest BCUT2D eigenvalue weighted by Crippen LogP contribution is -2.32. The maximum Gasteiger partial charge on any atom is 0.252 e. The van der Waals surface area contributed by atoms with Crippen LogP contribution in [0.25, 0.3) is 10.9 Å². The molecule has 0 amide bonds. The van der Waals surface area contributed by atoms with Gasteiger partial charge in [-0.25, -0.2) is 8.42 Å². The SMILES string of the molecule is Cc1ccc(Cl)cc1S(=O)(=O)N(Cc1cccs1)Cc1cc2cc3c(cc2[nH]c1=O)OCCO3. The van der Waals surface area contributed by atoms with Gasteiger partial charge in [-0.2, -0.15) is 4.31 Å². The molecule has 0 radical (unpaired) electrons. The van der Waals surface area contributed by atoms with Crippen molar-refractivity contribution in [3.05, 3.63) is 85.3 Å². The van der Waals surface area contributed by atoms with Crippen molar-refractivity contribution in [1.29, 1.82) is 0 Å². The van der Waals surface area contributed by atoms with Crippen LogP contribution in [0, 0.1) is 6.92 Å². The molecule has 1 aliphatic heterocycles. The van der Waals surface area contributed by atoms with E-state index in [1.807, 2.05) is 17.5 Å². The summed E-state index contributed by atoms with van der Waals surface area (Å²) in [5, 5.41) is 2.95. The van der Waals surface area contributed by atoms with Crippen LogP contribution in [0.5, 0.6) is 11.5 Å². The van der Waals surface area contributed by atoms with E-state index in [4.69, 9.17) is 21.1 Å². The second-order valence-electron chi connectivity index (χ2n) is 7.97. The molecule has 0 bridgehead atoms. The zero-order valence-corrected chi connectivity index (χ0v) is 20.6. The summed E-state index contributed by atoms with van der Waals surface area (Å²) in [5.41, 5.74) is 1.13. The standard InChI is InChI=1S/C24H21ClN2O5S2/c1-15-4-5-18(25)11-23(15)34(29,30)27(14-19-3-2-8-33-19)13-17-9-16-10-21-22(32-7-6-31-21)12-20(16)26-24(17)28/h2-5,8-12H,6-7,13-14H2,1H3,(H,26,28). The van der Waals surface area contributed by atoms with Crippen molar-refractivity contribution in [3.8, 4) is 11.5 Å². The lowest BCUT2D eigenvalue weighted by atomic mass is 10.1. The fourth-order valence-corrected chi connectivity index (χ4v) is 6.57. The molecule has 0 aliphatic carbocycles. The first kappa shape index (κ1) is 22.9. The molecule has 0 spiro atoms. The number of benzene rings is 2. The van der Waals surface area contributed by atoms with Crippen molar-refractivity contribution in [2.24, 2.45) is 0 Å². The van der Waals surface area contributed by atoms with Crippen molar-refractivity contribution in [3.63, 3.8) is 0 Å². The van der Waals surface area contributed by atoms with Gasteiger partial charge >= 0.3 is 0 Å². The predicted octanol–water partition coefficient (Wildman–Crippen LogP) is 4.71. The molecule has 1 aliphatic rings. The van der Waals surface area contributed by atoms with Crippen LogP contribution in [0.15, 0.2) is 63.6 Å². The number of aromatic nitrogens is 1. The highest BCUT2D eigenvalue weighted by molar-refractivity contribution is 7.89. The van der Waals surface area contributed by atoms with Gasteiger partial charge < -0.3 is 14.5 Å². The lowest BCUT2D eigenvalue weighted by Gasteiger charge is -2.23. The number of nitrogens with zero attached hydrogens (tertiary/aromatic N) is 1. The number of halogens is 1. The third-order valence-corrected chi connectivity index (χ3v) is 8.64. The van der Waals surface area contributed by atoms with Gasteiger partial charge in [-0.3, -0.25) is 4.79 Å². The summed E-state index contributed by atoms with van der Waals surface area (Å²) in [4.78, 5) is 16.8. The van der Waals surface area contributed by atoms with E-state index in [0.29, 0.717) is 46.4 Å². The number of aromatic amines is 1. The highest BCUT2D eigenvalue weighted by atomic mass is 35.5. The largest absolute Gasteiger partial charge is 0.486 e. The van der Waals surface area contributed by atoms with Crippen LogP contribution in [0.1, 0.15) is 16.0 Å². The molecule has 4 aromatic rings. The minimum atomic E-state index is -3.95. The van der Waals surface area contributed by atoms with Gasteiger partial charge in [0.1, 0.15) is 13.2 Å². The van der Waals surface area contributed by atoms with Gasteiger partial charge in [-0.05, 0) is 48.2 Å². The molecule has 34 heavy (non-hydrogen) atoms. The zero-order valence-electron chi connectivity index (χ0n) is 18.2. The van der Waals surface area contributed by atoms with E-state index in [-0.39, 0.29) is 23.5 Å². The number of ether oxygens (including phenoxy) is 2. The molecule has 0 unspecified atom stereocenters. The summed E-state index contributed by atoms with van der Waals surface area (Å²) in [6.07, 6.45) is 0. The van der Waals surface area contributed by atoms with Gasteiger partial charge in [-0.15, -0.1) is 11.3 Å². The van der Waals surface area contributed by atoms with E-state index in [1.54, 1.807) is 37.3 Å². The number of rotatable bonds is 6. The highest BCUT2D eigenvalue weighted by Gasteiger charge is 2.28. The van der Waals surface area contributed by atoms with Crippen molar-refractivity contribution in [1.82, 2.24) is 9.29 Å². The third kappa shape index (κ3) is 4.44. The molecule has 1 N–H and O–H groups in total. The molecule has 10 heteroatoms. The Bertz CT molecular complexity index is 1530. The summed E-state index contributed by atoms with van der Waals surface area (Å²) in [7, 11) is -3.95. The van der Waals surface area contributed by atoms with Crippen molar-refractivity contribution in [2.75, 3.05) is 13.2 Å². The Labute approximate surface area is 205 Å². The fraction of sp³-hybridized carbons (Fsp3) is 0.208. The molecule has 0 saturated heterocycles. The molecular weight excluding hydrogens is 496 g/mol. The fourth-order valence-electron chi connectivity index (χ4n) is 3.89. The third-order valence-electron chi connectivity index (χ3n) is 5.61. The number of thiophene rings is 1. The van der Waals surface area contributed by atoms with E-state index in [0.717, 1.165) is 10.3 Å². The summed E-state index contributed by atoms with van der Waals surface area (Å²) in [6.45, 7) is 2.64. The monoisotopic (exact) mass is 516 g/mol. The van der Waals surface area contributed by atoms with E-state index < -0.39 is 10.0 Å². The van der Waals surface area contributed by atoms with Gasteiger partial charge in [0, 0.05) is 40.0 Å². The van der Waals surface area contributed by atoms with Gasteiger partial charge in [0.2, 0.25) is 10.0 Å². The summed E-state index contributed by atoms with van der Waals surface area (Å²) in [6, 6.07) is 13.7. The Morgan fingerprint density at radius 1 is 1.06 bits per heavy atom. The van der Waals surface area contributed by atoms with Gasteiger partial charge in [0.25, 0.3) is 5.56 Å². The Balaban J connectivity index is 1.58. The van der Waals surface area contributed by atoms with Crippen LogP contribution in [0.2, 0.25) is 5.02 Å². The number of hydrogen-bond acceptors (Lipinski definition) is 6. The van der Waals surface area contributed by atoms with E-state index >= 15 is 0 Å². The van der Waals surface area contributed by atoms with Crippen LogP contribution in [0.4, 0.5) is 0 Å². The first-order valence-electron chi connectivity index (χ1n) is 10.6. The van der Waals surface area contributed by atoms with Crippen LogP contribution in [0.3, 0.4) is 0 Å². The molecule has 0 fully saturated rings. The Morgan fingerprint density at radius 2 is 1.82 bits per heavy atom. The number of nitrogens with one attached hydrogen (secondary N) is 1. The molecule has 2 aromatic carbocycles. The van der Waals surface area contributed by atoms with Crippen LogP contribution in [-0.4, -0.2) is 30.9 Å². The number of hydrogen-bond donors (Lipinski definition) is 1. The average Bonchev–Trinajstić information content (AvgIpc) is 3.32. The molecule has 2 aromatic heterocycles. The first-order valence-corrected chi connectivity index (χ1v) is 13.3. The van der Waals surface area contributed by atoms with Crippen molar-refractivity contribution >= 4 is 43.9 Å². The second-order valence-corrected chi connectivity index (χ2v) is 11.3. The average molecular weight is 517 g/mol. The maximum absolute atomic E-state index is 13.7. The van der Waals surface area contributed by atoms with Crippen molar-refractivity contribution < 1.29 is 17.9 Å². The van der Waals surface area contributed by atoms with E-state index in [9.17, 15) is 13.2 Å². The molecule has 0 saturated carbocycles. The highest BCUT2D eigenvalue weighted by Crippen LogP contribution is 2.34. The van der Waals surface area contributed by atoms with E-state index in [1.165, 1.54) is 21.7 Å². The Morgan fingerprint density at radius 3 is 2.56 bits per heavy atom. The lowest BCUT2D eigenvalue weighted by molar-refractivity contribution is 0.172. The minimum Gasteiger partial charge on any atom is -0.486 e. The number of sulfonamides is 1. The molecule has 0 atom stereocenters. The maximum atomic E-state index is 13.7. The Kier molecular flexibility index (Phi) is 6.11.